The van der Waals surface area contributed by atoms with Crippen molar-refractivity contribution in [2.24, 2.45) is 4.99 Å². The maximum absolute atomic E-state index is 12.0. The zero-order valence-corrected chi connectivity index (χ0v) is 18.6. The van der Waals surface area contributed by atoms with Crippen LogP contribution in [-0.2, 0) is 11.2 Å². The van der Waals surface area contributed by atoms with Crippen LogP contribution in [0.15, 0.2) is 29.3 Å². The molecule has 1 aromatic rings. The number of anilines is 1. The van der Waals surface area contributed by atoms with Crippen LogP contribution in [-0.4, -0.2) is 57.4 Å². The van der Waals surface area contributed by atoms with Crippen molar-refractivity contribution in [3.63, 3.8) is 0 Å². The van der Waals surface area contributed by atoms with Crippen molar-refractivity contribution in [3.8, 4) is 0 Å². The van der Waals surface area contributed by atoms with Crippen LogP contribution in [0.4, 0.5) is 10.5 Å². The van der Waals surface area contributed by atoms with Crippen LogP contribution < -0.4 is 20.9 Å². The average molecular weight is 392 g/mol. The Labute approximate surface area is 169 Å². The molecule has 158 valence electrons. The highest BCUT2D eigenvalue weighted by Gasteiger charge is 2.24. The lowest BCUT2D eigenvalue weighted by Gasteiger charge is -2.29. The molecule has 28 heavy (non-hydrogen) atoms. The van der Waals surface area contributed by atoms with Crippen molar-refractivity contribution in [2.45, 2.75) is 52.2 Å². The number of hydrogen-bond acceptors (Lipinski definition) is 4. The van der Waals surface area contributed by atoms with Crippen molar-refractivity contribution in [1.82, 2.24) is 16.0 Å². The van der Waals surface area contributed by atoms with Gasteiger partial charge in [-0.3, -0.25) is 4.99 Å². The summed E-state index contributed by atoms with van der Waals surface area (Å²) in [4.78, 5) is 18.3. The Morgan fingerprint density at radius 1 is 1.07 bits per heavy atom. The van der Waals surface area contributed by atoms with E-state index in [9.17, 15) is 4.79 Å². The predicted octanol–water partition coefficient (Wildman–Crippen LogP) is 2.76. The van der Waals surface area contributed by atoms with Crippen molar-refractivity contribution in [2.75, 3.05) is 39.1 Å². The van der Waals surface area contributed by atoms with Crippen molar-refractivity contribution >= 4 is 17.7 Å². The van der Waals surface area contributed by atoms with Gasteiger partial charge in [-0.1, -0.05) is 12.1 Å². The largest absolute Gasteiger partial charge is 0.444 e. The van der Waals surface area contributed by atoms with E-state index in [1.165, 1.54) is 11.3 Å². The second-order valence-corrected chi connectivity index (χ2v) is 8.67. The number of carbonyl (C=O) groups excluding carboxylic acids is 1. The summed E-state index contributed by atoms with van der Waals surface area (Å²) in [5.74, 6) is 0.698. The monoisotopic (exact) mass is 391 g/mol. The molecular formula is C21H37N5O2. The molecule has 0 saturated carbocycles. The molecule has 1 aromatic carbocycles. The summed E-state index contributed by atoms with van der Waals surface area (Å²) in [7, 11) is 5.80. The minimum absolute atomic E-state index is 0.427. The molecule has 7 nitrogen and oxygen atoms in total. The van der Waals surface area contributed by atoms with Gasteiger partial charge in [-0.2, -0.15) is 0 Å². The summed E-state index contributed by atoms with van der Waals surface area (Å²) in [6.07, 6.45) is 0.469. The van der Waals surface area contributed by atoms with Gasteiger partial charge >= 0.3 is 6.09 Å². The van der Waals surface area contributed by atoms with Crippen LogP contribution >= 0.6 is 0 Å². The SMILES string of the molecule is CN=C(NCCc1ccc(N(C)C)cc1)NCC(C)(C)NC(=O)OC(C)(C)C. The maximum Gasteiger partial charge on any atom is 0.408 e. The third-order valence-corrected chi connectivity index (χ3v) is 3.92. The number of aliphatic imine (C=N–C) groups is 1. The van der Waals surface area contributed by atoms with E-state index in [0.717, 1.165) is 13.0 Å². The van der Waals surface area contributed by atoms with E-state index >= 15 is 0 Å². The number of nitrogens with zero attached hydrogens (tertiary/aromatic N) is 2. The van der Waals surface area contributed by atoms with E-state index in [1.807, 2.05) is 48.7 Å². The van der Waals surface area contributed by atoms with E-state index in [0.29, 0.717) is 12.5 Å². The first-order chi connectivity index (χ1) is 12.9. The molecule has 1 amide bonds. The smallest absolute Gasteiger partial charge is 0.408 e. The molecule has 0 spiro atoms. The summed E-state index contributed by atoms with van der Waals surface area (Å²) >= 11 is 0. The number of carbonyl (C=O) groups is 1. The Morgan fingerprint density at radius 3 is 2.18 bits per heavy atom. The summed E-state index contributed by atoms with van der Waals surface area (Å²) < 4.78 is 5.32. The van der Waals surface area contributed by atoms with Gasteiger partial charge in [0.25, 0.3) is 0 Å². The zero-order chi connectivity index (χ0) is 21.4. The predicted molar refractivity (Wildman–Crippen MR) is 117 cm³/mol. The fourth-order valence-electron chi connectivity index (χ4n) is 2.44. The Hall–Kier alpha value is -2.44. The van der Waals surface area contributed by atoms with Crippen molar-refractivity contribution < 1.29 is 9.53 Å². The van der Waals surface area contributed by atoms with E-state index in [4.69, 9.17) is 4.74 Å². The maximum atomic E-state index is 12.0. The molecular weight excluding hydrogens is 354 g/mol. The second-order valence-electron chi connectivity index (χ2n) is 8.67. The molecule has 3 N–H and O–H groups in total. The van der Waals surface area contributed by atoms with E-state index < -0.39 is 17.2 Å². The fourth-order valence-corrected chi connectivity index (χ4v) is 2.44. The highest BCUT2D eigenvalue weighted by molar-refractivity contribution is 5.79. The second kappa shape index (κ2) is 10.2. The first-order valence-corrected chi connectivity index (χ1v) is 9.64. The van der Waals surface area contributed by atoms with Gasteiger partial charge < -0.3 is 25.6 Å². The van der Waals surface area contributed by atoms with Crippen LogP contribution in [0, 0.1) is 0 Å². The van der Waals surface area contributed by atoms with Gasteiger partial charge in [0.15, 0.2) is 5.96 Å². The molecule has 0 unspecified atom stereocenters. The van der Waals surface area contributed by atoms with E-state index in [2.05, 4.69) is 50.1 Å². The van der Waals surface area contributed by atoms with Gasteiger partial charge in [-0.05, 0) is 58.7 Å². The molecule has 0 saturated heterocycles. The molecule has 0 aliphatic heterocycles. The van der Waals surface area contributed by atoms with Crippen molar-refractivity contribution in [3.05, 3.63) is 29.8 Å². The molecule has 0 aliphatic rings. The van der Waals surface area contributed by atoms with Gasteiger partial charge in [0.2, 0.25) is 0 Å². The van der Waals surface area contributed by atoms with Gasteiger partial charge in [-0.15, -0.1) is 0 Å². The lowest BCUT2D eigenvalue weighted by molar-refractivity contribution is 0.0474. The molecule has 0 fully saturated rings. The minimum Gasteiger partial charge on any atom is -0.444 e. The fraction of sp³-hybridized carbons (Fsp3) is 0.619. The third-order valence-electron chi connectivity index (χ3n) is 3.92. The minimum atomic E-state index is -0.518. The first kappa shape index (κ1) is 23.6. The Bertz CT molecular complexity index is 646. The molecule has 0 aliphatic carbocycles. The standard InChI is InChI=1S/C21H37N5O2/c1-20(2,3)28-19(27)25-21(4,5)15-24-18(22-6)23-14-13-16-9-11-17(12-10-16)26(7)8/h9-12H,13-15H2,1-8H3,(H,25,27)(H2,22,23,24). The topological polar surface area (TPSA) is 78.0 Å². The lowest BCUT2D eigenvalue weighted by Crippen LogP contribution is -2.54. The van der Waals surface area contributed by atoms with Gasteiger partial charge in [0, 0.05) is 39.9 Å². The lowest BCUT2D eigenvalue weighted by atomic mass is 10.1. The average Bonchev–Trinajstić information content (AvgIpc) is 2.56. The van der Waals surface area contributed by atoms with Crippen LogP contribution in [0.5, 0.6) is 0 Å². The van der Waals surface area contributed by atoms with Gasteiger partial charge in [0.1, 0.15) is 5.60 Å². The van der Waals surface area contributed by atoms with Crippen LogP contribution in [0.1, 0.15) is 40.2 Å². The number of nitrogens with one attached hydrogen (secondary N) is 3. The molecule has 0 atom stereocenters. The Balaban J connectivity index is 2.42. The summed E-state index contributed by atoms with van der Waals surface area (Å²) in [6, 6.07) is 8.52. The van der Waals surface area contributed by atoms with Crippen LogP contribution in [0.2, 0.25) is 0 Å². The summed E-state index contributed by atoms with van der Waals surface area (Å²) in [5, 5.41) is 9.43. The molecule has 7 heteroatoms. The number of benzene rings is 1. The number of amides is 1. The molecule has 0 radical (unpaired) electrons. The van der Waals surface area contributed by atoms with Gasteiger partial charge in [-0.25, -0.2) is 4.79 Å². The van der Waals surface area contributed by atoms with Crippen LogP contribution in [0.25, 0.3) is 0 Å². The molecule has 1 rings (SSSR count). The first-order valence-electron chi connectivity index (χ1n) is 9.64. The highest BCUT2D eigenvalue weighted by Crippen LogP contribution is 2.12. The number of ether oxygens (including phenoxy) is 1. The number of alkyl carbamates (subject to hydrolysis) is 1. The summed E-state index contributed by atoms with van der Waals surface area (Å²) in [5.41, 5.74) is 1.45. The van der Waals surface area contributed by atoms with Gasteiger partial charge in [0.05, 0.1) is 5.54 Å². The zero-order valence-electron chi connectivity index (χ0n) is 18.6. The molecule has 0 aromatic heterocycles. The molecule has 0 heterocycles. The molecule has 0 bridgehead atoms. The van der Waals surface area contributed by atoms with Crippen LogP contribution in [0.3, 0.4) is 0 Å². The third kappa shape index (κ3) is 9.48. The van der Waals surface area contributed by atoms with E-state index in [1.54, 1.807) is 7.05 Å². The number of guanidine groups is 1. The summed E-state index contributed by atoms with van der Waals surface area (Å²) in [6.45, 7) is 10.7. The number of hydrogen-bond donors (Lipinski definition) is 3. The number of rotatable bonds is 7. The Morgan fingerprint density at radius 2 is 1.68 bits per heavy atom. The highest BCUT2D eigenvalue weighted by atomic mass is 16.6. The van der Waals surface area contributed by atoms with E-state index in [-0.39, 0.29) is 0 Å². The normalized spacial score (nSPS) is 12.4. The Kier molecular flexibility index (Phi) is 8.60. The van der Waals surface area contributed by atoms with Crippen molar-refractivity contribution in [1.29, 1.82) is 0 Å². The quantitative estimate of drug-likeness (QED) is 0.492.